The van der Waals surface area contributed by atoms with Crippen LogP contribution in [0.15, 0.2) is 18.2 Å². The number of carbonyl (C=O) groups is 2. The van der Waals surface area contributed by atoms with Gasteiger partial charge in [-0.25, -0.2) is 4.79 Å². The zero-order valence-corrected chi connectivity index (χ0v) is 10.2. The molecule has 0 aliphatic carbocycles. The summed E-state index contributed by atoms with van der Waals surface area (Å²) in [5.74, 6) is -0.194. The van der Waals surface area contributed by atoms with Crippen LogP contribution in [0.2, 0.25) is 0 Å². The zero-order valence-electron chi connectivity index (χ0n) is 10.2. The van der Waals surface area contributed by atoms with E-state index in [2.05, 4.69) is 10.6 Å². The molecule has 0 aliphatic heterocycles. The fourth-order valence-corrected chi connectivity index (χ4v) is 1.34. The molecular formula is C12H16N2O3. The molecule has 5 nitrogen and oxygen atoms in total. The van der Waals surface area contributed by atoms with Crippen LogP contribution in [-0.2, 0) is 9.53 Å². The quantitative estimate of drug-likeness (QED) is 0.847. The summed E-state index contributed by atoms with van der Waals surface area (Å²) in [6.45, 7) is 5.33. The molecule has 1 rings (SSSR count). The molecule has 0 aromatic heterocycles. The van der Waals surface area contributed by atoms with Crippen molar-refractivity contribution in [3.05, 3.63) is 23.8 Å². The predicted molar refractivity (Wildman–Crippen MR) is 66.1 cm³/mol. The van der Waals surface area contributed by atoms with Gasteiger partial charge in [-0.3, -0.25) is 10.1 Å². The van der Waals surface area contributed by atoms with Crippen molar-refractivity contribution in [2.45, 2.75) is 20.8 Å². The molecule has 0 bridgehead atoms. The van der Waals surface area contributed by atoms with Crippen LogP contribution in [0.25, 0.3) is 0 Å². The van der Waals surface area contributed by atoms with Gasteiger partial charge >= 0.3 is 6.09 Å². The number of nitrogens with one attached hydrogen (secondary N) is 2. The number of amides is 2. The van der Waals surface area contributed by atoms with E-state index in [0.29, 0.717) is 18.0 Å². The van der Waals surface area contributed by atoms with Crippen molar-refractivity contribution in [1.29, 1.82) is 0 Å². The molecule has 0 heterocycles. The number of hydrogen-bond acceptors (Lipinski definition) is 3. The minimum absolute atomic E-state index is 0.194. The molecule has 1 aromatic carbocycles. The molecule has 17 heavy (non-hydrogen) atoms. The monoisotopic (exact) mass is 236 g/mol. The lowest BCUT2D eigenvalue weighted by Crippen LogP contribution is -2.16. The van der Waals surface area contributed by atoms with Gasteiger partial charge in [-0.2, -0.15) is 0 Å². The second kappa shape index (κ2) is 5.89. The summed E-state index contributed by atoms with van der Waals surface area (Å²) < 4.78 is 4.78. The normalized spacial score (nSPS) is 9.59. The van der Waals surface area contributed by atoms with Gasteiger partial charge in [0, 0.05) is 6.92 Å². The van der Waals surface area contributed by atoms with Gasteiger partial charge < -0.3 is 10.1 Å². The SMILES string of the molecule is CCOC(=O)Nc1cc(C)ccc1NC(C)=O. The highest BCUT2D eigenvalue weighted by molar-refractivity contribution is 5.96. The summed E-state index contributed by atoms with van der Waals surface area (Å²) in [5, 5.41) is 5.22. The standard InChI is InChI=1S/C12H16N2O3/c1-4-17-12(16)14-11-7-8(2)5-6-10(11)13-9(3)15/h5-7H,4H2,1-3H3,(H,13,15)(H,14,16). The third-order valence-corrected chi connectivity index (χ3v) is 2.00. The minimum atomic E-state index is -0.537. The van der Waals surface area contributed by atoms with Crippen LogP contribution in [0.5, 0.6) is 0 Å². The van der Waals surface area contributed by atoms with Gasteiger partial charge in [0.15, 0.2) is 0 Å². The van der Waals surface area contributed by atoms with E-state index in [0.717, 1.165) is 5.56 Å². The molecule has 92 valence electrons. The first-order valence-electron chi connectivity index (χ1n) is 5.35. The van der Waals surface area contributed by atoms with E-state index >= 15 is 0 Å². The lowest BCUT2D eigenvalue weighted by Gasteiger charge is -2.12. The smallest absolute Gasteiger partial charge is 0.411 e. The third kappa shape index (κ3) is 4.14. The summed E-state index contributed by atoms with van der Waals surface area (Å²) >= 11 is 0. The molecule has 0 saturated carbocycles. The first kappa shape index (κ1) is 13.0. The first-order valence-corrected chi connectivity index (χ1v) is 5.35. The third-order valence-electron chi connectivity index (χ3n) is 2.00. The van der Waals surface area contributed by atoms with Crippen LogP contribution >= 0.6 is 0 Å². The lowest BCUT2D eigenvalue weighted by atomic mass is 10.2. The highest BCUT2D eigenvalue weighted by Crippen LogP contribution is 2.23. The lowest BCUT2D eigenvalue weighted by molar-refractivity contribution is -0.114. The Balaban J connectivity index is 2.90. The van der Waals surface area contributed by atoms with Crippen molar-refractivity contribution < 1.29 is 14.3 Å². The Morgan fingerprint density at radius 2 is 1.94 bits per heavy atom. The Bertz CT molecular complexity index is 430. The Morgan fingerprint density at radius 3 is 2.53 bits per heavy atom. The molecule has 0 spiro atoms. The van der Waals surface area contributed by atoms with E-state index in [1.54, 1.807) is 19.1 Å². The Labute approximate surface area is 100 Å². The van der Waals surface area contributed by atoms with Gasteiger partial charge in [-0.1, -0.05) is 6.07 Å². The highest BCUT2D eigenvalue weighted by Gasteiger charge is 2.08. The van der Waals surface area contributed by atoms with Crippen LogP contribution in [0.3, 0.4) is 0 Å². The van der Waals surface area contributed by atoms with Crippen molar-refractivity contribution in [3.63, 3.8) is 0 Å². The second-order valence-corrected chi connectivity index (χ2v) is 3.58. The number of aryl methyl sites for hydroxylation is 1. The van der Waals surface area contributed by atoms with E-state index in [9.17, 15) is 9.59 Å². The van der Waals surface area contributed by atoms with Crippen molar-refractivity contribution in [3.8, 4) is 0 Å². The molecule has 5 heteroatoms. The summed E-state index contributed by atoms with van der Waals surface area (Å²) in [6, 6.07) is 5.35. The van der Waals surface area contributed by atoms with Crippen molar-refractivity contribution >= 4 is 23.4 Å². The average molecular weight is 236 g/mol. The highest BCUT2D eigenvalue weighted by atomic mass is 16.5. The number of rotatable bonds is 3. The van der Waals surface area contributed by atoms with Gasteiger partial charge in [0.05, 0.1) is 18.0 Å². The van der Waals surface area contributed by atoms with Crippen LogP contribution in [0.1, 0.15) is 19.4 Å². The molecule has 2 amide bonds. The second-order valence-electron chi connectivity index (χ2n) is 3.58. The van der Waals surface area contributed by atoms with Crippen LogP contribution in [0.4, 0.5) is 16.2 Å². The van der Waals surface area contributed by atoms with Gasteiger partial charge in [0.25, 0.3) is 0 Å². The maximum absolute atomic E-state index is 11.3. The summed E-state index contributed by atoms with van der Waals surface area (Å²) in [4.78, 5) is 22.3. The van der Waals surface area contributed by atoms with Gasteiger partial charge in [-0.15, -0.1) is 0 Å². The summed E-state index contributed by atoms with van der Waals surface area (Å²) in [6.07, 6.45) is -0.537. The van der Waals surface area contributed by atoms with E-state index < -0.39 is 6.09 Å². The minimum Gasteiger partial charge on any atom is -0.450 e. The molecule has 1 aromatic rings. The van der Waals surface area contributed by atoms with E-state index in [1.165, 1.54) is 6.92 Å². The number of benzene rings is 1. The van der Waals surface area contributed by atoms with Crippen molar-refractivity contribution in [1.82, 2.24) is 0 Å². The van der Waals surface area contributed by atoms with E-state index in [4.69, 9.17) is 4.74 Å². The fraction of sp³-hybridized carbons (Fsp3) is 0.333. The largest absolute Gasteiger partial charge is 0.450 e. The van der Waals surface area contributed by atoms with Crippen molar-refractivity contribution in [2.24, 2.45) is 0 Å². The first-order chi connectivity index (χ1) is 8.02. The van der Waals surface area contributed by atoms with Crippen molar-refractivity contribution in [2.75, 3.05) is 17.2 Å². The predicted octanol–water partition coefficient (Wildman–Crippen LogP) is 2.52. The topological polar surface area (TPSA) is 67.4 Å². The Kier molecular flexibility index (Phi) is 4.51. The average Bonchev–Trinajstić information content (AvgIpc) is 2.22. The van der Waals surface area contributed by atoms with Crippen LogP contribution < -0.4 is 10.6 Å². The molecular weight excluding hydrogens is 220 g/mol. The van der Waals surface area contributed by atoms with Gasteiger partial charge in [0.1, 0.15) is 0 Å². The van der Waals surface area contributed by atoms with Crippen LogP contribution in [0, 0.1) is 6.92 Å². The molecule has 0 unspecified atom stereocenters. The number of hydrogen-bond donors (Lipinski definition) is 2. The zero-order chi connectivity index (χ0) is 12.8. The van der Waals surface area contributed by atoms with E-state index in [1.807, 2.05) is 13.0 Å². The number of anilines is 2. The Morgan fingerprint density at radius 1 is 1.24 bits per heavy atom. The summed E-state index contributed by atoms with van der Waals surface area (Å²) in [5.41, 5.74) is 2.06. The fourth-order valence-electron chi connectivity index (χ4n) is 1.34. The van der Waals surface area contributed by atoms with Gasteiger partial charge in [0.2, 0.25) is 5.91 Å². The molecule has 0 radical (unpaired) electrons. The Hall–Kier alpha value is -2.04. The van der Waals surface area contributed by atoms with Gasteiger partial charge in [-0.05, 0) is 31.5 Å². The maximum atomic E-state index is 11.3. The molecule has 0 fully saturated rings. The number of carbonyl (C=O) groups excluding carboxylic acids is 2. The summed E-state index contributed by atoms with van der Waals surface area (Å²) in [7, 11) is 0. The molecule has 0 atom stereocenters. The molecule has 2 N–H and O–H groups in total. The number of ether oxygens (including phenoxy) is 1. The van der Waals surface area contributed by atoms with Crippen LogP contribution in [-0.4, -0.2) is 18.6 Å². The van der Waals surface area contributed by atoms with E-state index in [-0.39, 0.29) is 5.91 Å². The molecule has 0 aliphatic rings. The molecule has 0 saturated heterocycles. The maximum Gasteiger partial charge on any atom is 0.411 e.